The van der Waals surface area contributed by atoms with E-state index in [0.29, 0.717) is 0 Å². The maximum Gasteiger partial charge on any atom is 0.240 e. The second-order valence-corrected chi connectivity index (χ2v) is 4.57. The topological polar surface area (TPSA) is 52.6 Å². The molecule has 0 aromatic rings. The van der Waals surface area contributed by atoms with Crippen LogP contribution in [0.5, 0.6) is 0 Å². The molecule has 4 heteroatoms. The van der Waals surface area contributed by atoms with E-state index in [0.717, 1.165) is 19.4 Å². The van der Waals surface area contributed by atoms with Crippen molar-refractivity contribution in [1.29, 1.82) is 0 Å². The van der Waals surface area contributed by atoms with E-state index < -0.39 is 6.23 Å². The molecule has 4 nitrogen and oxygen atoms in total. The summed E-state index contributed by atoms with van der Waals surface area (Å²) >= 11 is 0. The number of aliphatic hydroxyl groups is 1. The van der Waals surface area contributed by atoms with Crippen LogP contribution in [0.4, 0.5) is 0 Å². The highest BCUT2D eigenvalue weighted by molar-refractivity contribution is 5.83. The van der Waals surface area contributed by atoms with E-state index in [4.69, 9.17) is 0 Å². The molecule has 0 saturated carbocycles. The van der Waals surface area contributed by atoms with Gasteiger partial charge in [0, 0.05) is 6.54 Å². The average molecular weight is 198 g/mol. The Hall–Kier alpha value is -0.610. The monoisotopic (exact) mass is 198 g/mol. The number of aliphatic hydroxyl groups excluding tert-OH is 1. The van der Waals surface area contributed by atoms with Crippen molar-refractivity contribution in [1.82, 2.24) is 10.2 Å². The van der Waals surface area contributed by atoms with Gasteiger partial charge in [0.1, 0.15) is 6.23 Å². The van der Waals surface area contributed by atoms with Gasteiger partial charge in [-0.05, 0) is 18.8 Å². The Bertz CT molecular complexity index is 238. The van der Waals surface area contributed by atoms with Crippen molar-refractivity contribution in [2.45, 2.75) is 45.0 Å². The molecule has 3 atom stereocenters. The highest BCUT2D eigenvalue weighted by Gasteiger charge is 2.43. The number of nitrogens with one attached hydrogen (secondary N) is 1. The van der Waals surface area contributed by atoms with Crippen molar-refractivity contribution < 1.29 is 9.90 Å². The third-order valence-corrected chi connectivity index (χ3v) is 3.23. The van der Waals surface area contributed by atoms with Crippen LogP contribution in [0.1, 0.15) is 26.7 Å². The SMILES string of the molecule is CC(C)C1NC(O)C2CCCN2C1=O. The molecular formula is C10H18N2O2. The number of hydrogen-bond acceptors (Lipinski definition) is 3. The zero-order valence-electron chi connectivity index (χ0n) is 8.73. The first kappa shape index (κ1) is 9.93. The van der Waals surface area contributed by atoms with Gasteiger partial charge in [0.25, 0.3) is 0 Å². The fraction of sp³-hybridized carbons (Fsp3) is 0.900. The average Bonchev–Trinajstić information content (AvgIpc) is 2.59. The summed E-state index contributed by atoms with van der Waals surface area (Å²) in [7, 11) is 0. The lowest BCUT2D eigenvalue weighted by Crippen LogP contribution is -2.64. The van der Waals surface area contributed by atoms with Gasteiger partial charge in [0.05, 0.1) is 12.1 Å². The molecule has 2 saturated heterocycles. The number of piperazine rings is 1. The summed E-state index contributed by atoms with van der Waals surface area (Å²) in [5, 5.41) is 12.8. The van der Waals surface area contributed by atoms with Gasteiger partial charge in [-0.1, -0.05) is 13.8 Å². The fourth-order valence-electron chi connectivity index (χ4n) is 2.42. The van der Waals surface area contributed by atoms with E-state index in [9.17, 15) is 9.90 Å². The minimum Gasteiger partial charge on any atom is -0.376 e. The zero-order valence-corrected chi connectivity index (χ0v) is 8.73. The largest absolute Gasteiger partial charge is 0.376 e. The Morgan fingerprint density at radius 1 is 1.57 bits per heavy atom. The third kappa shape index (κ3) is 1.42. The quantitative estimate of drug-likeness (QED) is 0.620. The first-order valence-electron chi connectivity index (χ1n) is 5.36. The first-order chi connectivity index (χ1) is 6.61. The first-order valence-corrected chi connectivity index (χ1v) is 5.36. The Kier molecular flexibility index (Phi) is 2.49. The van der Waals surface area contributed by atoms with Crippen LogP contribution in [0, 0.1) is 5.92 Å². The Morgan fingerprint density at radius 3 is 2.93 bits per heavy atom. The molecule has 80 valence electrons. The lowest BCUT2D eigenvalue weighted by atomic mass is 9.98. The van der Waals surface area contributed by atoms with Gasteiger partial charge < -0.3 is 10.0 Å². The number of carbonyl (C=O) groups is 1. The van der Waals surface area contributed by atoms with Gasteiger partial charge in [-0.15, -0.1) is 0 Å². The molecule has 3 unspecified atom stereocenters. The van der Waals surface area contributed by atoms with Gasteiger partial charge >= 0.3 is 0 Å². The molecule has 1 amide bonds. The second-order valence-electron chi connectivity index (χ2n) is 4.57. The second kappa shape index (κ2) is 3.51. The summed E-state index contributed by atoms with van der Waals surface area (Å²) in [4.78, 5) is 13.8. The van der Waals surface area contributed by atoms with Crippen LogP contribution in [0.3, 0.4) is 0 Å². The van der Waals surface area contributed by atoms with Crippen LogP contribution in [-0.4, -0.2) is 40.8 Å². The number of rotatable bonds is 1. The van der Waals surface area contributed by atoms with Crippen LogP contribution in [0.15, 0.2) is 0 Å². The van der Waals surface area contributed by atoms with Crippen molar-refractivity contribution in [2.24, 2.45) is 5.92 Å². The summed E-state index contributed by atoms with van der Waals surface area (Å²) in [6.45, 7) is 4.81. The van der Waals surface area contributed by atoms with Gasteiger partial charge in [0.2, 0.25) is 5.91 Å². The smallest absolute Gasteiger partial charge is 0.240 e. The predicted molar refractivity (Wildman–Crippen MR) is 52.5 cm³/mol. The lowest BCUT2D eigenvalue weighted by Gasteiger charge is -2.40. The third-order valence-electron chi connectivity index (χ3n) is 3.23. The summed E-state index contributed by atoms with van der Waals surface area (Å²) in [6.07, 6.45) is 1.40. The normalized spacial score (nSPS) is 37.9. The van der Waals surface area contributed by atoms with Gasteiger partial charge in [-0.3, -0.25) is 10.1 Å². The van der Waals surface area contributed by atoms with Crippen molar-refractivity contribution >= 4 is 5.91 Å². The number of amides is 1. The van der Waals surface area contributed by atoms with Crippen LogP contribution in [0.2, 0.25) is 0 Å². The summed E-state index contributed by atoms with van der Waals surface area (Å²) in [5.41, 5.74) is 0. The molecule has 2 heterocycles. The van der Waals surface area contributed by atoms with E-state index in [-0.39, 0.29) is 23.9 Å². The number of hydrogen-bond donors (Lipinski definition) is 2. The van der Waals surface area contributed by atoms with E-state index in [2.05, 4.69) is 5.32 Å². The van der Waals surface area contributed by atoms with Crippen LogP contribution >= 0.6 is 0 Å². The van der Waals surface area contributed by atoms with Gasteiger partial charge in [0.15, 0.2) is 0 Å². The molecule has 0 bridgehead atoms. The molecule has 0 aliphatic carbocycles. The van der Waals surface area contributed by atoms with Crippen molar-refractivity contribution in [3.63, 3.8) is 0 Å². The molecule has 0 radical (unpaired) electrons. The van der Waals surface area contributed by atoms with Crippen molar-refractivity contribution in [3.8, 4) is 0 Å². The van der Waals surface area contributed by atoms with Gasteiger partial charge in [-0.25, -0.2) is 0 Å². The highest BCUT2D eigenvalue weighted by Crippen LogP contribution is 2.25. The molecule has 0 spiro atoms. The molecule has 14 heavy (non-hydrogen) atoms. The van der Waals surface area contributed by atoms with E-state index in [1.54, 1.807) is 0 Å². The minimum atomic E-state index is -0.539. The standard InChI is InChI=1S/C10H18N2O2/c1-6(2)8-10(14)12-5-3-4-7(12)9(13)11-8/h6-9,11,13H,3-5H2,1-2H3. The van der Waals surface area contributed by atoms with Gasteiger partial charge in [-0.2, -0.15) is 0 Å². The number of carbonyl (C=O) groups excluding carboxylic acids is 1. The molecule has 2 fully saturated rings. The maximum atomic E-state index is 11.9. The highest BCUT2D eigenvalue weighted by atomic mass is 16.3. The lowest BCUT2D eigenvalue weighted by molar-refractivity contribution is -0.145. The number of fused-ring (bicyclic) bond motifs is 1. The van der Waals surface area contributed by atoms with Crippen LogP contribution in [0.25, 0.3) is 0 Å². The Labute approximate surface area is 84.3 Å². The molecule has 2 aliphatic rings. The Balaban J connectivity index is 2.16. The maximum absolute atomic E-state index is 11.9. The zero-order chi connectivity index (χ0) is 10.3. The molecule has 2 rings (SSSR count). The van der Waals surface area contributed by atoms with E-state index in [1.807, 2.05) is 18.7 Å². The molecular weight excluding hydrogens is 180 g/mol. The Morgan fingerprint density at radius 2 is 2.29 bits per heavy atom. The van der Waals surface area contributed by atoms with Crippen molar-refractivity contribution in [3.05, 3.63) is 0 Å². The molecule has 2 N–H and O–H groups in total. The van der Waals surface area contributed by atoms with Crippen molar-refractivity contribution in [2.75, 3.05) is 6.54 Å². The summed E-state index contributed by atoms with van der Waals surface area (Å²) < 4.78 is 0. The van der Waals surface area contributed by atoms with E-state index in [1.165, 1.54) is 0 Å². The fourth-order valence-corrected chi connectivity index (χ4v) is 2.42. The predicted octanol–water partition coefficient (Wildman–Crippen LogP) is -0.0764. The molecule has 0 aromatic carbocycles. The summed E-state index contributed by atoms with van der Waals surface area (Å²) in [6, 6.07) is -0.197. The van der Waals surface area contributed by atoms with Crippen LogP contribution in [-0.2, 0) is 4.79 Å². The number of nitrogens with zero attached hydrogens (tertiary/aromatic N) is 1. The van der Waals surface area contributed by atoms with E-state index >= 15 is 0 Å². The summed E-state index contributed by atoms with van der Waals surface area (Å²) in [5.74, 6) is 0.395. The molecule has 0 aromatic heterocycles. The van der Waals surface area contributed by atoms with Crippen LogP contribution < -0.4 is 5.32 Å². The molecule has 2 aliphatic heterocycles. The minimum absolute atomic E-state index is 0.0116.